The average molecular weight is 307 g/mol. The fourth-order valence-electron chi connectivity index (χ4n) is 1.99. The molecule has 0 fully saturated rings. The number of nitrogens with zero attached hydrogens (tertiary/aromatic N) is 2. The van der Waals surface area contributed by atoms with E-state index < -0.39 is 12.6 Å². The van der Waals surface area contributed by atoms with Gasteiger partial charge in [0.05, 0.1) is 5.69 Å². The summed E-state index contributed by atoms with van der Waals surface area (Å²) in [5.41, 5.74) is 0.893. The summed E-state index contributed by atoms with van der Waals surface area (Å²) in [6, 6.07) is 0. The monoisotopic (exact) mass is 307 g/mol. The van der Waals surface area contributed by atoms with Gasteiger partial charge in [0.25, 0.3) is 0 Å². The topological polar surface area (TPSA) is 39.1 Å². The van der Waals surface area contributed by atoms with Crippen molar-refractivity contribution in [3.63, 3.8) is 0 Å². The van der Waals surface area contributed by atoms with Gasteiger partial charge in [-0.1, -0.05) is 0 Å². The van der Waals surface area contributed by atoms with Crippen LogP contribution in [0.25, 0.3) is 0 Å². The normalized spacial score (nSPS) is 11.9. The van der Waals surface area contributed by atoms with Crippen LogP contribution < -0.4 is 5.32 Å². The molecule has 1 aromatic heterocycles. The molecule has 0 saturated heterocycles. The molecule has 0 bridgehead atoms. The lowest BCUT2D eigenvalue weighted by molar-refractivity contribution is -0.135. The summed E-state index contributed by atoms with van der Waals surface area (Å²) >= 11 is 0. The third kappa shape index (κ3) is 7.94. The van der Waals surface area contributed by atoms with E-state index in [-0.39, 0.29) is 6.42 Å². The zero-order valence-electron chi connectivity index (χ0n) is 12.7. The third-order valence-electron chi connectivity index (χ3n) is 2.96. The van der Waals surface area contributed by atoms with Gasteiger partial charge in [-0.15, -0.1) is 0 Å². The summed E-state index contributed by atoms with van der Waals surface area (Å²) in [6.07, 6.45) is -1.36. The van der Waals surface area contributed by atoms with E-state index in [4.69, 9.17) is 4.74 Å². The number of ether oxygens (including phenoxy) is 1. The van der Waals surface area contributed by atoms with Crippen LogP contribution in [0, 0.1) is 6.92 Å². The fraction of sp³-hybridized carbons (Fsp3) is 0.786. The first-order valence-corrected chi connectivity index (χ1v) is 7.34. The predicted molar refractivity (Wildman–Crippen MR) is 76.5 cm³/mol. The van der Waals surface area contributed by atoms with Gasteiger partial charge in [-0.2, -0.15) is 13.2 Å². The molecule has 1 rings (SSSR count). The van der Waals surface area contributed by atoms with Gasteiger partial charge >= 0.3 is 6.18 Å². The van der Waals surface area contributed by atoms with Gasteiger partial charge in [0.15, 0.2) is 0 Å². The van der Waals surface area contributed by atoms with Crippen LogP contribution in [-0.4, -0.2) is 35.5 Å². The number of alkyl halides is 3. The Morgan fingerprint density at radius 2 is 2.05 bits per heavy atom. The summed E-state index contributed by atoms with van der Waals surface area (Å²) in [5.74, 6) is 0.719. The van der Waals surface area contributed by atoms with Crippen molar-refractivity contribution in [2.45, 2.75) is 52.3 Å². The summed E-state index contributed by atoms with van der Waals surface area (Å²) in [6.45, 7) is 6.53. The Bertz CT molecular complexity index is 405. The minimum Gasteiger partial charge on any atom is -0.382 e. The molecule has 0 aromatic carbocycles. The maximum absolute atomic E-state index is 12.0. The summed E-state index contributed by atoms with van der Waals surface area (Å²) in [5, 5.41) is 3.10. The number of anilines is 1. The van der Waals surface area contributed by atoms with Crippen LogP contribution in [0.5, 0.6) is 0 Å². The molecule has 1 aromatic rings. The van der Waals surface area contributed by atoms with Crippen LogP contribution >= 0.6 is 0 Å². The molecular formula is C14H24F3N3O. The van der Waals surface area contributed by atoms with E-state index in [0.29, 0.717) is 26.2 Å². The molecule has 0 unspecified atom stereocenters. The third-order valence-corrected chi connectivity index (χ3v) is 2.96. The van der Waals surface area contributed by atoms with Gasteiger partial charge in [0, 0.05) is 38.9 Å². The summed E-state index contributed by atoms with van der Waals surface area (Å²) in [7, 11) is 0. The van der Waals surface area contributed by atoms with Crippen LogP contribution in [0.2, 0.25) is 0 Å². The molecule has 122 valence electrons. The van der Waals surface area contributed by atoms with Crippen LogP contribution in [0.15, 0.2) is 6.20 Å². The Morgan fingerprint density at radius 1 is 1.29 bits per heavy atom. The van der Waals surface area contributed by atoms with Crippen molar-refractivity contribution in [2.75, 3.05) is 25.1 Å². The number of halogens is 3. The van der Waals surface area contributed by atoms with E-state index in [9.17, 15) is 13.2 Å². The van der Waals surface area contributed by atoms with Crippen molar-refractivity contribution in [1.82, 2.24) is 9.55 Å². The molecule has 0 spiro atoms. The van der Waals surface area contributed by atoms with Gasteiger partial charge in [0.1, 0.15) is 0 Å². The second-order valence-electron chi connectivity index (χ2n) is 4.95. The maximum atomic E-state index is 12.0. The second kappa shape index (κ2) is 8.92. The van der Waals surface area contributed by atoms with Gasteiger partial charge in [-0.05, 0) is 33.1 Å². The second-order valence-corrected chi connectivity index (χ2v) is 4.95. The van der Waals surface area contributed by atoms with Crippen molar-refractivity contribution in [3.05, 3.63) is 11.9 Å². The highest BCUT2D eigenvalue weighted by atomic mass is 19.4. The number of hydrogen-bond acceptors (Lipinski definition) is 3. The van der Waals surface area contributed by atoms with Crippen LogP contribution in [0.4, 0.5) is 19.1 Å². The lowest BCUT2D eigenvalue weighted by atomic mass is 10.2. The molecule has 0 amide bonds. The molecule has 0 aliphatic carbocycles. The number of aromatic nitrogens is 2. The van der Waals surface area contributed by atoms with E-state index in [1.54, 1.807) is 0 Å². The van der Waals surface area contributed by atoms with Crippen molar-refractivity contribution in [3.8, 4) is 0 Å². The molecule has 0 radical (unpaired) electrons. The SMILES string of the molecule is CCOCCCn1cc(C)nc1NCCCCC(F)(F)F. The minimum absolute atomic E-state index is 0.139. The predicted octanol–water partition coefficient (Wildman–Crippen LogP) is 3.76. The summed E-state index contributed by atoms with van der Waals surface area (Å²) < 4.78 is 43.4. The highest BCUT2D eigenvalue weighted by molar-refractivity contribution is 5.28. The Morgan fingerprint density at radius 3 is 2.71 bits per heavy atom. The van der Waals surface area contributed by atoms with Crippen LogP contribution in [0.3, 0.4) is 0 Å². The number of rotatable bonds is 10. The number of hydrogen-bond donors (Lipinski definition) is 1. The maximum Gasteiger partial charge on any atom is 0.389 e. The fourth-order valence-corrected chi connectivity index (χ4v) is 1.99. The minimum atomic E-state index is -4.06. The first-order chi connectivity index (χ1) is 9.92. The molecule has 0 saturated carbocycles. The molecule has 1 N–H and O–H groups in total. The lowest BCUT2D eigenvalue weighted by Gasteiger charge is -2.10. The van der Waals surface area contributed by atoms with Crippen molar-refractivity contribution >= 4 is 5.95 Å². The highest BCUT2D eigenvalue weighted by Crippen LogP contribution is 2.22. The van der Waals surface area contributed by atoms with Gasteiger partial charge in [-0.3, -0.25) is 0 Å². The van der Waals surface area contributed by atoms with E-state index in [1.165, 1.54) is 0 Å². The number of nitrogens with one attached hydrogen (secondary N) is 1. The quantitative estimate of drug-likeness (QED) is 0.669. The molecule has 1 heterocycles. The first-order valence-electron chi connectivity index (χ1n) is 7.34. The molecular weight excluding hydrogens is 283 g/mol. The molecule has 0 atom stereocenters. The highest BCUT2D eigenvalue weighted by Gasteiger charge is 2.25. The van der Waals surface area contributed by atoms with Crippen molar-refractivity contribution in [1.29, 1.82) is 0 Å². The molecule has 0 aliphatic rings. The Hall–Kier alpha value is -1.24. The molecule has 4 nitrogen and oxygen atoms in total. The van der Waals surface area contributed by atoms with Crippen LogP contribution in [-0.2, 0) is 11.3 Å². The van der Waals surface area contributed by atoms with Crippen LogP contribution in [0.1, 0.15) is 38.3 Å². The van der Waals surface area contributed by atoms with Gasteiger partial charge in [-0.25, -0.2) is 4.98 Å². The zero-order chi connectivity index (χ0) is 15.7. The number of imidazole rings is 1. The van der Waals surface area contributed by atoms with Crippen molar-refractivity contribution in [2.24, 2.45) is 0 Å². The zero-order valence-corrected chi connectivity index (χ0v) is 12.7. The van der Waals surface area contributed by atoms with Gasteiger partial charge < -0.3 is 14.6 Å². The summed E-state index contributed by atoms with van der Waals surface area (Å²) in [4.78, 5) is 4.34. The average Bonchev–Trinajstić information content (AvgIpc) is 2.73. The largest absolute Gasteiger partial charge is 0.389 e. The van der Waals surface area contributed by atoms with E-state index >= 15 is 0 Å². The van der Waals surface area contributed by atoms with E-state index in [1.807, 2.05) is 24.6 Å². The van der Waals surface area contributed by atoms with E-state index in [2.05, 4.69) is 10.3 Å². The Balaban J connectivity index is 2.30. The smallest absolute Gasteiger partial charge is 0.382 e. The first kappa shape index (κ1) is 17.8. The van der Waals surface area contributed by atoms with Gasteiger partial charge in [0.2, 0.25) is 5.95 Å². The molecule has 0 aliphatic heterocycles. The number of aryl methyl sites for hydroxylation is 2. The Labute approximate surface area is 123 Å². The number of unbranched alkanes of at least 4 members (excludes halogenated alkanes) is 1. The van der Waals surface area contributed by atoms with Crippen molar-refractivity contribution < 1.29 is 17.9 Å². The molecule has 21 heavy (non-hydrogen) atoms. The van der Waals surface area contributed by atoms with E-state index in [0.717, 1.165) is 24.6 Å². The standard InChI is InChI=1S/C14H24F3N3O/c1-3-21-10-6-9-20-11-12(2)19-13(20)18-8-5-4-7-14(15,16)17/h11H,3-10H2,1-2H3,(H,18,19). The Kier molecular flexibility index (Phi) is 7.56. The molecule has 7 heteroatoms. The lowest BCUT2D eigenvalue weighted by Crippen LogP contribution is -2.11.